The average molecular weight is 262 g/mol. The Kier molecular flexibility index (Phi) is 4.27. The van der Waals surface area contributed by atoms with Gasteiger partial charge < -0.3 is 15.4 Å². The molecule has 5 nitrogen and oxygen atoms in total. The van der Waals surface area contributed by atoms with Crippen LogP contribution in [0.15, 0.2) is 24.3 Å². The highest BCUT2D eigenvalue weighted by atomic mass is 16.5. The number of rotatable bonds is 4. The van der Waals surface area contributed by atoms with E-state index < -0.39 is 0 Å². The highest BCUT2D eigenvalue weighted by Gasteiger charge is 2.22. The highest BCUT2D eigenvalue weighted by Crippen LogP contribution is 2.20. The second-order valence-corrected chi connectivity index (χ2v) is 4.85. The van der Waals surface area contributed by atoms with Gasteiger partial charge in [0.25, 0.3) is 0 Å². The molecule has 3 N–H and O–H groups in total. The summed E-state index contributed by atoms with van der Waals surface area (Å²) < 4.78 is 5.17. The molecular formula is C14H22N4O. The molecule has 0 amide bonds. The van der Waals surface area contributed by atoms with E-state index in [0.29, 0.717) is 0 Å². The first kappa shape index (κ1) is 13.7. The van der Waals surface area contributed by atoms with Crippen LogP contribution in [-0.2, 0) is 0 Å². The van der Waals surface area contributed by atoms with Gasteiger partial charge in [0.05, 0.1) is 13.2 Å². The molecule has 1 unspecified atom stereocenters. The van der Waals surface area contributed by atoms with Crippen molar-refractivity contribution in [3.63, 3.8) is 0 Å². The lowest BCUT2D eigenvalue weighted by Gasteiger charge is -2.38. The molecule has 104 valence electrons. The van der Waals surface area contributed by atoms with Crippen molar-refractivity contribution >= 4 is 11.5 Å². The van der Waals surface area contributed by atoms with Crippen molar-refractivity contribution in [3.8, 4) is 5.75 Å². The van der Waals surface area contributed by atoms with E-state index in [0.717, 1.165) is 31.9 Å². The van der Waals surface area contributed by atoms with Crippen LogP contribution in [0.2, 0.25) is 0 Å². The zero-order valence-corrected chi connectivity index (χ0v) is 11.6. The summed E-state index contributed by atoms with van der Waals surface area (Å²) in [7, 11) is 1.68. The lowest BCUT2D eigenvalue weighted by Crippen LogP contribution is -2.53. The molecule has 1 fully saturated rings. The smallest absolute Gasteiger partial charge is 0.119 e. The average Bonchev–Trinajstić information content (AvgIpc) is 2.46. The molecule has 1 saturated heterocycles. The molecule has 1 aromatic carbocycles. The fourth-order valence-corrected chi connectivity index (χ4v) is 2.36. The van der Waals surface area contributed by atoms with Gasteiger partial charge in [0, 0.05) is 31.9 Å². The topological polar surface area (TPSA) is 65.6 Å². The standard InChI is InChI=1S/C14H22N4O/c1-11(14(15)16)17-7-9-18(10-8-17)12-3-5-13(19-2)6-4-12/h3-6,11H,7-10H2,1-2H3,(H3,15,16). The van der Waals surface area contributed by atoms with Crippen LogP contribution >= 0.6 is 0 Å². The summed E-state index contributed by atoms with van der Waals surface area (Å²) >= 11 is 0. The minimum absolute atomic E-state index is 0.0398. The number of nitrogens with zero attached hydrogens (tertiary/aromatic N) is 2. The quantitative estimate of drug-likeness (QED) is 0.631. The van der Waals surface area contributed by atoms with Crippen LogP contribution in [0, 0.1) is 5.41 Å². The van der Waals surface area contributed by atoms with Crippen molar-refractivity contribution in [2.45, 2.75) is 13.0 Å². The van der Waals surface area contributed by atoms with Crippen LogP contribution < -0.4 is 15.4 Å². The Morgan fingerprint density at radius 3 is 2.26 bits per heavy atom. The zero-order valence-electron chi connectivity index (χ0n) is 11.6. The summed E-state index contributed by atoms with van der Waals surface area (Å²) in [6.45, 7) is 5.79. The van der Waals surface area contributed by atoms with Crippen LogP contribution in [0.5, 0.6) is 5.75 Å². The van der Waals surface area contributed by atoms with Crippen molar-refractivity contribution in [3.05, 3.63) is 24.3 Å². The number of ether oxygens (including phenoxy) is 1. The maximum atomic E-state index is 7.50. The number of benzene rings is 1. The van der Waals surface area contributed by atoms with E-state index in [-0.39, 0.29) is 11.9 Å². The Balaban J connectivity index is 1.93. The number of anilines is 1. The van der Waals surface area contributed by atoms with Crippen molar-refractivity contribution in [1.29, 1.82) is 5.41 Å². The lowest BCUT2D eigenvalue weighted by atomic mass is 10.2. The van der Waals surface area contributed by atoms with Crippen molar-refractivity contribution in [2.75, 3.05) is 38.2 Å². The third kappa shape index (κ3) is 3.17. The van der Waals surface area contributed by atoms with Gasteiger partial charge in [-0.3, -0.25) is 10.3 Å². The molecule has 5 heteroatoms. The Morgan fingerprint density at radius 2 is 1.79 bits per heavy atom. The number of methoxy groups -OCH3 is 1. The molecule has 1 aliphatic heterocycles. The summed E-state index contributed by atoms with van der Waals surface area (Å²) in [4.78, 5) is 4.60. The molecular weight excluding hydrogens is 240 g/mol. The monoisotopic (exact) mass is 262 g/mol. The minimum Gasteiger partial charge on any atom is -0.497 e. The second kappa shape index (κ2) is 5.93. The highest BCUT2D eigenvalue weighted by molar-refractivity contribution is 5.82. The fourth-order valence-electron chi connectivity index (χ4n) is 2.36. The minimum atomic E-state index is 0.0398. The first-order valence-corrected chi connectivity index (χ1v) is 6.59. The normalized spacial score (nSPS) is 18.1. The van der Waals surface area contributed by atoms with E-state index in [1.165, 1.54) is 5.69 Å². The van der Waals surface area contributed by atoms with E-state index in [4.69, 9.17) is 15.9 Å². The Labute approximate surface area is 114 Å². The molecule has 1 heterocycles. The zero-order chi connectivity index (χ0) is 13.8. The number of hydrogen-bond acceptors (Lipinski definition) is 4. The van der Waals surface area contributed by atoms with Crippen LogP contribution in [0.3, 0.4) is 0 Å². The van der Waals surface area contributed by atoms with Crippen LogP contribution in [0.4, 0.5) is 5.69 Å². The summed E-state index contributed by atoms with van der Waals surface area (Å²) in [5.41, 5.74) is 6.78. The van der Waals surface area contributed by atoms with E-state index in [1.807, 2.05) is 19.1 Å². The molecule has 0 aromatic heterocycles. The summed E-state index contributed by atoms with van der Waals surface area (Å²) in [6.07, 6.45) is 0. The summed E-state index contributed by atoms with van der Waals surface area (Å²) in [6, 6.07) is 8.18. The maximum absolute atomic E-state index is 7.50. The number of nitrogens with one attached hydrogen (secondary N) is 1. The van der Waals surface area contributed by atoms with Crippen molar-refractivity contribution in [2.24, 2.45) is 5.73 Å². The molecule has 19 heavy (non-hydrogen) atoms. The molecule has 0 aliphatic carbocycles. The first-order valence-electron chi connectivity index (χ1n) is 6.59. The van der Waals surface area contributed by atoms with Gasteiger partial charge in [-0.05, 0) is 31.2 Å². The van der Waals surface area contributed by atoms with Gasteiger partial charge in [-0.25, -0.2) is 0 Å². The van der Waals surface area contributed by atoms with E-state index in [2.05, 4.69) is 21.9 Å². The van der Waals surface area contributed by atoms with Gasteiger partial charge >= 0.3 is 0 Å². The fraction of sp³-hybridized carbons (Fsp3) is 0.500. The van der Waals surface area contributed by atoms with Gasteiger partial charge in [-0.2, -0.15) is 0 Å². The van der Waals surface area contributed by atoms with Gasteiger partial charge in [0.1, 0.15) is 11.6 Å². The molecule has 1 aliphatic rings. The van der Waals surface area contributed by atoms with E-state index >= 15 is 0 Å². The van der Waals surface area contributed by atoms with Gasteiger partial charge in [-0.1, -0.05) is 0 Å². The molecule has 0 spiro atoms. The number of amidine groups is 1. The second-order valence-electron chi connectivity index (χ2n) is 4.85. The number of nitrogens with two attached hydrogens (primary N) is 1. The van der Waals surface area contributed by atoms with Gasteiger partial charge in [0.2, 0.25) is 0 Å². The molecule has 0 bridgehead atoms. The third-order valence-corrected chi connectivity index (χ3v) is 3.75. The van der Waals surface area contributed by atoms with E-state index in [9.17, 15) is 0 Å². The van der Waals surface area contributed by atoms with Gasteiger partial charge in [0.15, 0.2) is 0 Å². The van der Waals surface area contributed by atoms with Crippen molar-refractivity contribution < 1.29 is 4.74 Å². The Hall–Kier alpha value is -1.75. The first-order chi connectivity index (χ1) is 9.11. The van der Waals surface area contributed by atoms with Crippen molar-refractivity contribution in [1.82, 2.24) is 4.90 Å². The summed E-state index contributed by atoms with van der Waals surface area (Å²) in [5, 5.41) is 7.50. The molecule has 0 radical (unpaired) electrons. The third-order valence-electron chi connectivity index (χ3n) is 3.75. The molecule has 2 rings (SSSR count). The van der Waals surface area contributed by atoms with Crippen LogP contribution in [0.25, 0.3) is 0 Å². The largest absolute Gasteiger partial charge is 0.497 e. The predicted molar refractivity (Wildman–Crippen MR) is 78.2 cm³/mol. The number of hydrogen-bond donors (Lipinski definition) is 2. The van der Waals surface area contributed by atoms with Crippen LogP contribution in [-0.4, -0.2) is 50.1 Å². The van der Waals surface area contributed by atoms with Gasteiger partial charge in [-0.15, -0.1) is 0 Å². The molecule has 0 saturated carbocycles. The van der Waals surface area contributed by atoms with Crippen LogP contribution in [0.1, 0.15) is 6.92 Å². The maximum Gasteiger partial charge on any atom is 0.119 e. The number of piperazine rings is 1. The summed E-state index contributed by atoms with van der Waals surface area (Å²) in [5.74, 6) is 1.13. The molecule has 1 atom stereocenters. The Bertz CT molecular complexity index is 424. The SMILES string of the molecule is COc1ccc(N2CCN(C(C)C(=N)N)CC2)cc1. The lowest BCUT2D eigenvalue weighted by molar-refractivity contribution is 0.237. The molecule has 1 aromatic rings. The van der Waals surface area contributed by atoms with E-state index in [1.54, 1.807) is 7.11 Å². The Morgan fingerprint density at radius 1 is 1.21 bits per heavy atom. The predicted octanol–water partition coefficient (Wildman–Crippen LogP) is 1.14.